The van der Waals surface area contributed by atoms with Gasteiger partial charge in [0.25, 0.3) is 15.7 Å². The van der Waals surface area contributed by atoms with E-state index < -0.39 is 20.9 Å². The van der Waals surface area contributed by atoms with Crippen molar-refractivity contribution in [3.8, 4) is 0 Å². The summed E-state index contributed by atoms with van der Waals surface area (Å²) >= 11 is 0.759. The topological polar surface area (TPSA) is 102 Å². The molecule has 0 fully saturated rings. The standard InChI is InChI=1S/C10H8FN3O4S2/c1-6-7(14(15)16)5-10(19-6)20(17,18)13-9-4-2-3-8(11)12-9/h2-5H,1H3,(H,12,13). The number of thiophene rings is 1. The highest BCUT2D eigenvalue weighted by Gasteiger charge is 2.24. The first-order valence-corrected chi connectivity index (χ1v) is 7.50. The SMILES string of the molecule is Cc1sc(S(=O)(=O)Nc2cccc(F)n2)cc1[N+](=O)[O-]. The number of aryl methyl sites for hydroxylation is 1. The molecule has 106 valence electrons. The van der Waals surface area contributed by atoms with Gasteiger partial charge >= 0.3 is 0 Å². The first-order valence-electron chi connectivity index (χ1n) is 5.20. The van der Waals surface area contributed by atoms with Crippen LogP contribution in [0.4, 0.5) is 15.9 Å². The van der Waals surface area contributed by atoms with Gasteiger partial charge in [-0.05, 0) is 19.1 Å². The van der Waals surface area contributed by atoms with E-state index in [4.69, 9.17) is 0 Å². The van der Waals surface area contributed by atoms with Gasteiger partial charge in [0.1, 0.15) is 10.0 Å². The van der Waals surface area contributed by atoms with Crippen LogP contribution in [-0.4, -0.2) is 18.3 Å². The van der Waals surface area contributed by atoms with Crippen LogP contribution in [0, 0.1) is 23.0 Å². The molecule has 1 N–H and O–H groups in total. The molecule has 2 aromatic heterocycles. The van der Waals surface area contributed by atoms with E-state index in [-0.39, 0.29) is 20.6 Å². The summed E-state index contributed by atoms with van der Waals surface area (Å²) in [5.41, 5.74) is -0.275. The lowest BCUT2D eigenvalue weighted by atomic mass is 10.4. The van der Waals surface area contributed by atoms with Crippen molar-refractivity contribution in [2.45, 2.75) is 11.1 Å². The van der Waals surface area contributed by atoms with Crippen molar-refractivity contribution in [2.75, 3.05) is 4.72 Å². The molecule has 0 saturated heterocycles. The number of halogens is 1. The molecule has 2 aromatic rings. The molecule has 0 aliphatic carbocycles. The van der Waals surface area contributed by atoms with Gasteiger partial charge in [-0.3, -0.25) is 14.8 Å². The second kappa shape index (κ2) is 5.13. The lowest BCUT2D eigenvalue weighted by molar-refractivity contribution is -0.385. The second-order valence-corrected chi connectivity index (χ2v) is 6.88. The number of sulfonamides is 1. The highest BCUT2D eigenvalue weighted by Crippen LogP contribution is 2.31. The summed E-state index contributed by atoms with van der Waals surface area (Å²) in [5, 5.41) is 10.7. The van der Waals surface area contributed by atoms with Crippen molar-refractivity contribution < 1.29 is 17.7 Å². The van der Waals surface area contributed by atoms with Gasteiger partial charge in [-0.2, -0.15) is 4.39 Å². The Morgan fingerprint density at radius 1 is 1.45 bits per heavy atom. The summed E-state index contributed by atoms with van der Waals surface area (Å²) < 4.78 is 38.8. The molecule has 0 aromatic carbocycles. The molecule has 0 unspecified atom stereocenters. The molecule has 0 aliphatic heterocycles. The predicted octanol–water partition coefficient (Wildman–Crippen LogP) is 2.30. The molecule has 0 saturated carbocycles. The number of hydrogen-bond donors (Lipinski definition) is 1. The van der Waals surface area contributed by atoms with Gasteiger partial charge in [0.15, 0.2) is 0 Å². The molecule has 20 heavy (non-hydrogen) atoms. The van der Waals surface area contributed by atoms with E-state index in [9.17, 15) is 22.9 Å². The largest absolute Gasteiger partial charge is 0.284 e. The Hall–Kier alpha value is -2.07. The van der Waals surface area contributed by atoms with Crippen LogP contribution in [0.3, 0.4) is 0 Å². The van der Waals surface area contributed by atoms with Crippen LogP contribution in [0.15, 0.2) is 28.5 Å². The lowest BCUT2D eigenvalue weighted by Crippen LogP contribution is -2.12. The summed E-state index contributed by atoms with van der Waals surface area (Å²) in [4.78, 5) is 13.7. The van der Waals surface area contributed by atoms with E-state index >= 15 is 0 Å². The van der Waals surface area contributed by atoms with Crippen LogP contribution in [0.5, 0.6) is 0 Å². The quantitative estimate of drug-likeness (QED) is 0.529. The van der Waals surface area contributed by atoms with Gasteiger partial charge in [0.2, 0.25) is 5.95 Å². The van der Waals surface area contributed by atoms with Crippen molar-refractivity contribution in [1.29, 1.82) is 0 Å². The number of aromatic nitrogens is 1. The average Bonchev–Trinajstić information content (AvgIpc) is 2.71. The van der Waals surface area contributed by atoms with Crippen LogP contribution in [-0.2, 0) is 10.0 Å². The fourth-order valence-electron chi connectivity index (χ4n) is 1.41. The van der Waals surface area contributed by atoms with Crippen LogP contribution in [0.25, 0.3) is 0 Å². The van der Waals surface area contributed by atoms with Crippen molar-refractivity contribution >= 4 is 32.9 Å². The molecule has 0 spiro atoms. The Morgan fingerprint density at radius 2 is 2.15 bits per heavy atom. The maximum Gasteiger partial charge on any atom is 0.284 e. The van der Waals surface area contributed by atoms with E-state index in [2.05, 4.69) is 9.71 Å². The van der Waals surface area contributed by atoms with E-state index in [1.807, 2.05) is 0 Å². The summed E-state index contributed by atoms with van der Waals surface area (Å²) in [6.07, 6.45) is 0. The molecular formula is C10H8FN3O4S2. The zero-order valence-corrected chi connectivity index (χ0v) is 11.7. The van der Waals surface area contributed by atoms with Crippen LogP contribution in [0.2, 0.25) is 0 Å². The van der Waals surface area contributed by atoms with Gasteiger partial charge in [-0.1, -0.05) is 6.07 Å². The van der Waals surface area contributed by atoms with Crippen LogP contribution < -0.4 is 4.72 Å². The van der Waals surface area contributed by atoms with E-state index in [0.29, 0.717) is 0 Å². The number of anilines is 1. The maximum atomic E-state index is 12.9. The Bertz CT molecular complexity index is 773. The van der Waals surface area contributed by atoms with Crippen LogP contribution >= 0.6 is 11.3 Å². The fourth-order valence-corrected chi connectivity index (χ4v) is 3.82. The maximum absolute atomic E-state index is 12.9. The number of nitrogens with zero attached hydrogens (tertiary/aromatic N) is 2. The van der Waals surface area contributed by atoms with Crippen molar-refractivity contribution in [2.24, 2.45) is 0 Å². The molecule has 0 amide bonds. The van der Waals surface area contributed by atoms with Crippen molar-refractivity contribution in [1.82, 2.24) is 4.98 Å². The lowest BCUT2D eigenvalue weighted by Gasteiger charge is -2.04. The number of rotatable bonds is 4. The molecule has 0 atom stereocenters. The summed E-state index contributed by atoms with van der Waals surface area (Å²) in [7, 11) is -4.03. The molecular weight excluding hydrogens is 309 g/mol. The van der Waals surface area contributed by atoms with Gasteiger partial charge in [0.05, 0.1) is 9.80 Å². The number of hydrogen-bond acceptors (Lipinski definition) is 6. The Kier molecular flexibility index (Phi) is 3.68. The normalized spacial score (nSPS) is 11.3. The van der Waals surface area contributed by atoms with Crippen molar-refractivity contribution in [3.05, 3.63) is 45.2 Å². The van der Waals surface area contributed by atoms with E-state index in [1.165, 1.54) is 19.1 Å². The zero-order valence-electron chi connectivity index (χ0n) is 10.0. The molecule has 0 radical (unpaired) electrons. The first-order chi connectivity index (χ1) is 9.29. The van der Waals surface area contributed by atoms with E-state index in [0.717, 1.165) is 23.5 Å². The minimum Gasteiger partial charge on any atom is -0.263 e. The Balaban J connectivity index is 2.36. The first kappa shape index (κ1) is 14.3. The predicted molar refractivity (Wildman–Crippen MR) is 70.7 cm³/mol. The molecule has 0 aliphatic rings. The number of nitrogens with one attached hydrogen (secondary N) is 1. The minimum absolute atomic E-state index is 0.196. The van der Waals surface area contributed by atoms with Gasteiger partial charge in [-0.25, -0.2) is 13.4 Å². The summed E-state index contributed by atoms with van der Waals surface area (Å²) in [5.74, 6) is -1.03. The summed E-state index contributed by atoms with van der Waals surface area (Å²) in [6.45, 7) is 1.45. The monoisotopic (exact) mass is 317 g/mol. The zero-order chi connectivity index (χ0) is 14.9. The average molecular weight is 317 g/mol. The fraction of sp³-hybridized carbons (Fsp3) is 0.100. The number of nitro groups is 1. The third kappa shape index (κ3) is 2.91. The van der Waals surface area contributed by atoms with Gasteiger partial charge in [-0.15, -0.1) is 11.3 Å². The molecule has 2 heterocycles. The third-order valence-electron chi connectivity index (χ3n) is 2.28. The third-order valence-corrected chi connectivity index (χ3v) is 5.15. The van der Waals surface area contributed by atoms with Gasteiger partial charge < -0.3 is 0 Å². The Labute approximate surface area is 117 Å². The molecule has 10 heteroatoms. The molecule has 0 bridgehead atoms. The van der Waals surface area contributed by atoms with Crippen molar-refractivity contribution in [3.63, 3.8) is 0 Å². The highest BCUT2D eigenvalue weighted by atomic mass is 32.2. The summed E-state index contributed by atoms with van der Waals surface area (Å²) in [6, 6.07) is 4.59. The molecule has 2 rings (SSSR count). The van der Waals surface area contributed by atoms with Gasteiger partial charge in [0, 0.05) is 6.07 Å². The van der Waals surface area contributed by atoms with Crippen LogP contribution in [0.1, 0.15) is 4.88 Å². The Morgan fingerprint density at radius 3 is 2.70 bits per heavy atom. The van der Waals surface area contributed by atoms with E-state index in [1.54, 1.807) is 0 Å². The number of pyridine rings is 1. The minimum atomic E-state index is -4.03. The second-order valence-electron chi connectivity index (χ2n) is 3.72. The molecule has 7 nitrogen and oxygen atoms in total. The highest BCUT2D eigenvalue weighted by molar-refractivity contribution is 7.94. The smallest absolute Gasteiger partial charge is 0.263 e.